The molecule has 0 aromatic carbocycles. The van der Waals surface area contributed by atoms with Crippen molar-refractivity contribution in [2.45, 2.75) is 302 Å². The molecule has 334 valence electrons. The molecule has 0 saturated heterocycles. The number of rotatable bonds is 47. The molecule has 0 spiro atoms. The van der Waals surface area contributed by atoms with Gasteiger partial charge in [-0.3, -0.25) is 4.79 Å². The summed E-state index contributed by atoms with van der Waals surface area (Å²) in [6.45, 7) is 4.26. The van der Waals surface area contributed by atoms with Gasteiger partial charge in [-0.1, -0.05) is 257 Å². The van der Waals surface area contributed by atoms with E-state index in [4.69, 9.17) is 0 Å². The third-order valence-electron chi connectivity index (χ3n) is 12.1. The molecule has 0 aliphatic rings. The summed E-state index contributed by atoms with van der Waals surface area (Å²) in [6.07, 6.45) is 56.6. The maximum Gasteiger partial charge on any atom is 0.249 e. The van der Waals surface area contributed by atoms with Gasteiger partial charge in [-0.25, -0.2) is 0 Å². The molecule has 0 rings (SSSR count). The van der Waals surface area contributed by atoms with Crippen molar-refractivity contribution in [1.29, 1.82) is 0 Å². The van der Waals surface area contributed by atoms with Gasteiger partial charge in [0.05, 0.1) is 18.8 Å². The monoisotopic (exact) mass is 792 g/mol. The summed E-state index contributed by atoms with van der Waals surface area (Å²) in [5.74, 6) is -0.471. The average Bonchev–Trinajstić information content (AvgIpc) is 3.20. The fourth-order valence-corrected chi connectivity index (χ4v) is 8.13. The molecule has 0 fully saturated rings. The Balaban J connectivity index is 3.56. The van der Waals surface area contributed by atoms with Crippen molar-refractivity contribution >= 4 is 5.91 Å². The van der Waals surface area contributed by atoms with Crippen LogP contribution in [0.4, 0.5) is 0 Å². The van der Waals surface area contributed by atoms with Gasteiger partial charge in [0.2, 0.25) is 5.91 Å². The number of hydrogen-bond donors (Lipinski definition) is 4. The number of carbonyl (C=O) groups excluding carboxylic acids is 1. The highest BCUT2D eigenvalue weighted by molar-refractivity contribution is 5.80. The molecule has 56 heavy (non-hydrogen) atoms. The number of unbranched alkanes of at least 4 members (excludes halogenated alkanes) is 37. The summed E-state index contributed by atoms with van der Waals surface area (Å²) in [6, 6.07) is -0.712. The molecule has 0 aromatic rings. The zero-order valence-corrected chi connectivity index (χ0v) is 38.0. The van der Waals surface area contributed by atoms with Crippen molar-refractivity contribution in [3.8, 4) is 0 Å². The van der Waals surface area contributed by atoms with E-state index in [1.807, 2.05) is 0 Å². The molecule has 3 unspecified atom stereocenters. The van der Waals surface area contributed by atoms with E-state index in [-0.39, 0.29) is 6.61 Å². The Labute approximate surface area is 350 Å². The van der Waals surface area contributed by atoms with Crippen molar-refractivity contribution in [2.24, 2.45) is 0 Å². The highest BCUT2D eigenvalue weighted by atomic mass is 16.3. The van der Waals surface area contributed by atoms with Crippen LogP contribution in [0.2, 0.25) is 0 Å². The average molecular weight is 792 g/mol. The van der Waals surface area contributed by atoms with Gasteiger partial charge in [-0.15, -0.1) is 0 Å². The van der Waals surface area contributed by atoms with Gasteiger partial charge < -0.3 is 20.6 Å². The molecular formula is C51H101NO4. The largest absolute Gasteiger partial charge is 0.394 e. The molecule has 4 N–H and O–H groups in total. The molecule has 3 atom stereocenters. The van der Waals surface area contributed by atoms with E-state index in [0.29, 0.717) is 12.8 Å². The fourth-order valence-electron chi connectivity index (χ4n) is 8.13. The first-order chi connectivity index (χ1) is 27.6. The van der Waals surface area contributed by atoms with Crippen LogP contribution in [0.3, 0.4) is 0 Å². The van der Waals surface area contributed by atoms with Crippen LogP contribution in [0.15, 0.2) is 12.2 Å². The Morgan fingerprint density at radius 2 is 0.679 bits per heavy atom. The van der Waals surface area contributed by atoms with E-state index in [0.717, 1.165) is 32.1 Å². The number of carbonyl (C=O) groups is 1. The van der Waals surface area contributed by atoms with Crippen LogP contribution in [-0.4, -0.2) is 46.1 Å². The normalized spacial score (nSPS) is 13.4. The molecule has 1 amide bonds. The summed E-state index contributed by atoms with van der Waals surface area (Å²) in [4.78, 5) is 12.5. The van der Waals surface area contributed by atoms with E-state index in [2.05, 4.69) is 31.3 Å². The molecule has 5 nitrogen and oxygen atoms in total. The second-order valence-electron chi connectivity index (χ2n) is 17.7. The number of allylic oxidation sites excluding steroid dienone is 2. The molecule has 0 aliphatic carbocycles. The number of nitrogens with one attached hydrogen (secondary N) is 1. The zero-order valence-electron chi connectivity index (χ0n) is 38.0. The predicted octanol–water partition coefficient (Wildman–Crippen LogP) is 15.2. The van der Waals surface area contributed by atoms with Gasteiger partial charge in [0, 0.05) is 0 Å². The molecule has 0 aliphatic heterocycles. The molecule has 0 saturated carbocycles. The lowest BCUT2D eigenvalue weighted by atomic mass is 10.0. The van der Waals surface area contributed by atoms with Gasteiger partial charge in [0.25, 0.3) is 0 Å². The van der Waals surface area contributed by atoms with E-state index < -0.39 is 24.2 Å². The van der Waals surface area contributed by atoms with Crippen molar-refractivity contribution in [3.63, 3.8) is 0 Å². The van der Waals surface area contributed by atoms with E-state index in [1.165, 1.54) is 225 Å². The fraction of sp³-hybridized carbons (Fsp3) is 0.941. The Morgan fingerprint density at radius 1 is 0.411 bits per heavy atom. The third-order valence-corrected chi connectivity index (χ3v) is 12.1. The maximum atomic E-state index is 12.5. The smallest absolute Gasteiger partial charge is 0.249 e. The first-order valence-electron chi connectivity index (χ1n) is 25.5. The third kappa shape index (κ3) is 41.3. The van der Waals surface area contributed by atoms with Crippen LogP contribution in [0.25, 0.3) is 0 Å². The minimum absolute atomic E-state index is 0.312. The van der Waals surface area contributed by atoms with E-state index >= 15 is 0 Å². The van der Waals surface area contributed by atoms with Crippen LogP contribution >= 0.6 is 0 Å². The van der Waals surface area contributed by atoms with E-state index in [9.17, 15) is 20.1 Å². The SMILES string of the molecule is CCCCCCCCCCCCC/C=C\CCCCCCCCC(O)C(=O)NC(CO)C(O)CCCCCCCCCCCCCCCCCCCCCCC. The summed E-state index contributed by atoms with van der Waals surface area (Å²) < 4.78 is 0. The van der Waals surface area contributed by atoms with Crippen molar-refractivity contribution in [2.75, 3.05) is 6.61 Å². The van der Waals surface area contributed by atoms with Gasteiger partial charge in [0.1, 0.15) is 6.10 Å². The van der Waals surface area contributed by atoms with Crippen LogP contribution in [-0.2, 0) is 4.79 Å². The quantitative estimate of drug-likeness (QED) is 0.0365. The van der Waals surface area contributed by atoms with Gasteiger partial charge in [0.15, 0.2) is 0 Å². The summed E-state index contributed by atoms with van der Waals surface area (Å²) in [7, 11) is 0. The lowest BCUT2D eigenvalue weighted by molar-refractivity contribution is -0.131. The number of aliphatic hydroxyl groups excluding tert-OH is 3. The van der Waals surface area contributed by atoms with Gasteiger partial charge >= 0.3 is 0 Å². The summed E-state index contributed by atoms with van der Waals surface area (Å²) in [5.41, 5.74) is 0. The molecule has 0 aromatic heterocycles. The lowest BCUT2D eigenvalue weighted by Gasteiger charge is -2.23. The zero-order chi connectivity index (χ0) is 40.8. The molecule has 0 heterocycles. The Morgan fingerprint density at radius 3 is 0.982 bits per heavy atom. The van der Waals surface area contributed by atoms with Crippen LogP contribution in [0, 0.1) is 0 Å². The van der Waals surface area contributed by atoms with Crippen LogP contribution in [0.5, 0.6) is 0 Å². The number of hydrogen-bond acceptors (Lipinski definition) is 4. The topological polar surface area (TPSA) is 89.8 Å². The predicted molar refractivity (Wildman–Crippen MR) is 245 cm³/mol. The standard InChI is InChI=1S/C51H101NO4/c1-3-5-7-9-11-13-15-17-19-21-23-25-27-29-31-33-35-37-39-41-43-45-49(54)48(47-53)52-51(56)50(55)46-44-42-40-38-36-34-32-30-28-26-24-22-20-18-16-14-12-10-8-6-4-2/h28,30,48-50,53-55H,3-27,29,31-47H2,1-2H3,(H,52,56)/b30-28-. The van der Waals surface area contributed by atoms with Crippen molar-refractivity contribution in [1.82, 2.24) is 5.32 Å². The van der Waals surface area contributed by atoms with Gasteiger partial charge in [-0.2, -0.15) is 0 Å². The Bertz CT molecular complexity index is 788. The second-order valence-corrected chi connectivity index (χ2v) is 17.7. The second kappa shape index (κ2) is 46.8. The maximum absolute atomic E-state index is 12.5. The molecule has 0 bridgehead atoms. The first kappa shape index (κ1) is 55.1. The minimum atomic E-state index is -1.08. The number of aliphatic hydroxyl groups is 3. The van der Waals surface area contributed by atoms with Crippen LogP contribution < -0.4 is 5.32 Å². The Hall–Kier alpha value is -0.910. The first-order valence-corrected chi connectivity index (χ1v) is 25.5. The summed E-state index contributed by atoms with van der Waals surface area (Å²) >= 11 is 0. The van der Waals surface area contributed by atoms with Crippen molar-refractivity contribution < 1.29 is 20.1 Å². The highest BCUT2D eigenvalue weighted by Crippen LogP contribution is 2.17. The number of amides is 1. The van der Waals surface area contributed by atoms with E-state index in [1.54, 1.807) is 0 Å². The summed E-state index contributed by atoms with van der Waals surface area (Å²) in [5, 5.41) is 33.5. The molecular weight excluding hydrogens is 691 g/mol. The lowest BCUT2D eigenvalue weighted by Crippen LogP contribution is -2.49. The van der Waals surface area contributed by atoms with Crippen molar-refractivity contribution in [3.05, 3.63) is 12.2 Å². The molecule has 0 radical (unpaired) electrons. The molecule has 5 heteroatoms. The minimum Gasteiger partial charge on any atom is -0.394 e. The highest BCUT2D eigenvalue weighted by Gasteiger charge is 2.23. The van der Waals surface area contributed by atoms with Gasteiger partial charge in [-0.05, 0) is 38.5 Å². The van der Waals surface area contributed by atoms with Crippen LogP contribution in [0.1, 0.15) is 284 Å². The Kier molecular flexibility index (Phi) is 46.0.